The Morgan fingerprint density at radius 3 is 2.69 bits per heavy atom. The van der Waals surface area contributed by atoms with Gasteiger partial charge in [0.05, 0.1) is 5.69 Å². The van der Waals surface area contributed by atoms with Crippen LogP contribution in [0.1, 0.15) is 38.3 Å². The van der Waals surface area contributed by atoms with Crippen LogP contribution in [0.15, 0.2) is 12.3 Å². The van der Waals surface area contributed by atoms with Crippen LogP contribution in [0.2, 0.25) is 0 Å². The molecule has 1 aliphatic carbocycles. The highest BCUT2D eigenvalue weighted by atomic mass is 15.2. The minimum atomic E-state index is 0.320. The highest BCUT2D eigenvalue weighted by Crippen LogP contribution is 2.40. The van der Waals surface area contributed by atoms with E-state index in [9.17, 15) is 0 Å². The Morgan fingerprint density at radius 2 is 2.19 bits per heavy atom. The van der Waals surface area contributed by atoms with E-state index >= 15 is 0 Å². The lowest BCUT2D eigenvalue weighted by molar-refractivity contribution is 0.161. The zero-order valence-corrected chi connectivity index (χ0v) is 10.4. The fourth-order valence-electron chi connectivity index (χ4n) is 2.77. The quantitative estimate of drug-likeness (QED) is 0.849. The molecule has 0 bridgehead atoms. The number of aromatic nitrogens is 2. The van der Waals surface area contributed by atoms with E-state index in [4.69, 9.17) is 5.73 Å². The van der Waals surface area contributed by atoms with E-state index in [1.165, 1.54) is 31.4 Å². The van der Waals surface area contributed by atoms with Crippen molar-refractivity contribution < 1.29 is 0 Å². The molecule has 1 fully saturated rings. The van der Waals surface area contributed by atoms with Crippen molar-refractivity contribution >= 4 is 0 Å². The monoisotopic (exact) mass is 221 g/mol. The highest BCUT2D eigenvalue weighted by molar-refractivity contribution is 5.04. The molecule has 1 heterocycles. The highest BCUT2D eigenvalue weighted by Gasteiger charge is 2.33. The predicted octanol–water partition coefficient (Wildman–Crippen LogP) is 2.12. The summed E-state index contributed by atoms with van der Waals surface area (Å²) in [6.07, 6.45) is 8.25. The Morgan fingerprint density at radius 1 is 1.50 bits per heavy atom. The van der Waals surface area contributed by atoms with Gasteiger partial charge in [0, 0.05) is 13.2 Å². The Hall–Kier alpha value is -0.830. The van der Waals surface area contributed by atoms with E-state index in [2.05, 4.69) is 18.1 Å². The number of nitrogens with zero attached hydrogens (tertiary/aromatic N) is 2. The third kappa shape index (κ3) is 2.46. The molecule has 0 aliphatic heterocycles. The molecule has 90 valence electrons. The molecule has 2 N–H and O–H groups in total. The SMILES string of the molecule is CC1CCC(CN)(Cc2ccn(C)n2)CC1. The van der Waals surface area contributed by atoms with Crippen LogP contribution in [-0.2, 0) is 13.5 Å². The third-order valence-electron chi connectivity index (χ3n) is 4.09. The van der Waals surface area contributed by atoms with Crippen LogP contribution >= 0.6 is 0 Å². The first-order chi connectivity index (χ1) is 7.63. The normalized spacial score (nSPS) is 30.6. The van der Waals surface area contributed by atoms with E-state index in [1.807, 2.05) is 17.9 Å². The van der Waals surface area contributed by atoms with E-state index in [-0.39, 0.29) is 0 Å². The molecule has 0 aromatic carbocycles. The van der Waals surface area contributed by atoms with Crippen LogP contribution in [0, 0.1) is 11.3 Å². The Balaban J connectivity index is 2.04. The van der Waals surface area contributed by atoms with Crippen LogP contribution in [0.4, 0.5) is 0 Å². The molecule has 0 radical (unpaired) electrons. The predicted molar refractivity (Wildman–Crippen MR) is 66.0 cm³/mol. The molecule has 0 spiro atoms. The molecule has 0 amide bonds. The summed E-state index contributed by atoms with van der Waals surface area (Å²) in [7, 11) is 1.97. The van der Waals surface area contributed by atoms with Crippen molar-refractivity contribution in [3.8, 4) is 0 Å². The second-order valence-electron chi connectivity index (χ2n) is 5.54. The first kappa shape index (κ1) is 11.6. The van der Waals surface area contributed by atoms with Gasteiger partial charge >= 0.3 is 0 Å². The van der Waals surface area contributed by atoms with Crippen molar-refractivity contribution in [3.05, 3.63) is 18.0 Å². The van der Waals surface area contributed by atoms with Crippen LogP contribution in [-0.4, -0.2) is 16.3 Å². The molecule has 3 heteroatoms. The Bertz CT molecular complexity index is 335. The van der Waals surface area contributed by atoms with Gasteiger partial charge in [0.2, 0.25) is 0 Å². The van der Waals surface area contributed by atoms with Gasteiger partial charge in [-0.25, -0.2) is 0 Å². The molecule has 16 heavy (non-hydrogen) atoms. The molecule has 2 rings (SSSR count). The summed E-state index contributed by atoms with van der Waals surface area (Å²) in [6.45, 7) is 3.15. The van der Waals surface area contributed by atoms with Crippen molar-refractivity contribution in [2.24, 2.45) is 24.1 Å². The minimum Gasteiger partial charge on any atom is -0.330 e. The average Bonchev–Trinajstić information content (AvgIpc) is 2.68. The lowest BCUT2D eigenvalue weighted by Gasteiger charge is -2.38. The molecular weight excluding hydrogens is 198 g/mol. The van der Waals surface area contributed by atoms with Gasteiger partial charge < -0.3 is 5.73 Å². The zero-order chi connectivity index (χ0) is 11.6. The number of rotatable bonds is 3. The van der Waals surface area contributed by atoms with E-state index in [0.717, 1.165) is 18.9 Å². The molecule has 0 saturated heterocycles. The summed E-state index contributed by atoms with van der Waals surface area (Å²) in [5.74, 6) is 0.878. The molecular formula is C13H23N3. The first-order valence-corrected chi connectivity index (χ1v) is 6.32. The second kappa shape index (κ2) is 4.58. The first-order valence-electron chi connectivity index (χ1n) is 6.32. The van der Waals surface area contributed by atoms with Gasteiger partial charge in [-0.15, -0.1) is 0 Å². The zero-order valence-electron chi connectivity index (χ0n) is 10.4. The number of hydrogen-bond donors (Lipinski definition) is 1. The van der Waals surface area contributed by atoms with Gasteiger partial charge in [-0.2, -0.15) is 5.10 Å². The van der Waals surface area contributed by atoms with Gasteiger partial charge in [0.1, 0.15) is 0 Å². The van der Waals surface area contributed by atoms with Gasteiger partial charge in [0.15, 0.2) is 0 Å². The minimum absolute atomic E-state index is 0.320. The van der Waals surface area contributed by atoms with Crippen molar-refractivity contribution in [2.75, 3.05) is 6.54 Å². The molecule has 0 atom stereocenters. The van der Waals surface area contributed by atoms with E-state index < -0.39 is 0 Å². The Labute approximate surface area is 98.0 Å². The van der Waals surface area contributed by atoms with Gasteiger partial charge in [-0.1, -0.05) is 19.8 Å². The van der Waals surface area contributed by atoms with Crippen LogP contribution in [0.5, 0.6) is 0 Å². The molecule has 1 aromatic heterocycles. The fraction of sp³-hybridized carbons (Fsp3) is 0.769. The summed E-state index contributed by atoms with van der Waals surface area (Å²) in [5.41, 5.74) is 7.52. The Kier molecular flexibility index (Phi) is 3.33. The van der Waals surface area contributed by atoms with Crippen molar-refractivity contribution in [1.29, 1.82) is 0 Å². The van der Waals surface area contributed by atoms with Crippen LogP contribution in [0.25, 0.3) is 0 Å². The fourth-order valence-corrected chi connectivity index (χ4v) is 2.77. The van der Waals surface area contributed by atoms with Crippen molar-refractivity contribution in [3.63, 3.8) is 0 Å². The molecule has 1 saturated carbocycles. The molecule has 1 aliphatic rings. The third-order valence-corrected chi connectivity index (χ3v) is 4.09. The average molecular weight is 221 g/mol. The maximum absolute atomic E-state index is 6.00. The van der Waals surface area contributed by atoms with E-state index in [1.54, 1.807) is 0 Å². The summed E-state index contributed by atoms with van der Waals surface area (Å²) in [6, 6.07) is 2.12. The molecule has 0 unspecified atom stereocenters. The summed E-state index contributed by atoms with van der Waals surface area (Å²) >= 11 is 0. The standard InChI is InChI=1S/C13H23N3/c1-11-3-6-13(10-14,7-4-11)9-12-5-8-16(2)15-12/h5,8,11H,3-4,6-7,9-10,14H2,1-2H3. The van der Waals surface area contributed by atoms with Crippen molar-refractivity contribution in [2.45, 2.75) is 39.0 Å². The van der Waals surface area contributed by atoms with Gasteiger partial charge in [0.25, 0.3) is 0 Å². The van der Waals surface area contributed by atoms with Crippen LogP contribution in [0.3, 0.4) is 0 Å². The summed E-state index contributed by atoms with van der Waals surface area (Å²) < 4.78 is 1.88. The second-order valence-corrected chi connectivity index (χ2v) is 5.54. The number of aryl methyl sites for hydroxylation is 1. The smallest absolute Gasteiger partial charge is 0.0630 e. The van der Waals surface area contributed by atoms with Gasteiger partial charge in [-0.3, -0.25) is 4.68 Å². The lowest BCUT2D eigenvalue weighted by Crippen LogP contribution is -2.36. The lowest BCUT2D eigenvalue weighted by atomic mass is 9.68. The van der Waals surface area contributed by atoms with E-state index in [0.29, 0.717) is 5.41 Å². The summed E-state index contributed by atoms with van der Waals surface area (Å²) in [4.78, 5) is 0. The van der Waals surface area contributed by atoms with Gasteiger partial charge in [-0.05, 0) is 43.2 Å². The molecule has 3 nitrogen and oxygen atoms in total. The molecule has 1 aromatic rings. The maximum atomic E-state index is 6.00. The van der Waals surface area contributed by atoms with Crippen molar-refractivity contribution in [1.82, 2.24) is 9.78 Å². The number of nitrogens with two attached hydrogens (primary N) is 1. The van der Waals surface area contributed by atoms with Crippen LogP contribution < -0.4 is 5.73 Å². The largest absolute Gasteiger partial charge is 0.330 e. The maximum Gasteiger partial charge on any atom is 0.0630 e. The number of hydrogen-bond acceptors (Lipinski definition) is 2. The summed E-state index contributed by atoms with van der Waals surface area (Å²) in [5, 5.41) is 4.48. The topological polar surface area (TPSA) is 43.8 Å².